The highest BCUT2D eigenvalue weighted by Crippen LogP contribution is 2.26. The van der Waals surface area contributed by atoms with Crippen LogP contribution in [-0.2, 0) is 4.79 Å². The van der Waals surface area contributed by atoms with Crippen molar-refractivity contribution in [3.63, 3.8) is 0 Å². The molecular formula is C16H14N2O2. The van der Waals surface area contributed by atoms with E-state index in [2.05, 4.69) is 11.4 Å². The molecule has 0 spiro atoms. The molecule has 0 saturated carbocycles. The minimum Gasteiger partial charge on any atom is -0.457 e. The average Bonchev–Trinajstić information content (AvgIpc) is 2.42. The van der Waals surface area contributed by atoms with Gasteiger partial charge in [-0.05, 0) is 55.0 Å². The molecule has 0 heterocycles. The minimum atomic E-state index is -0.103. The summed E-state index contributed by atoms with van der Waals surface area (Å²) in [4.78, 5) is 11.0. The number of aryl methyl sites for hydroxylation is 1. The van der Waals surface area contributed by atoms with Crippen LogP contribution in [0.2, 0.25) is 0 Å². The number of rotatable bonds is 3. The van der Waals surface area contributed by atoms with E-state index in [9.17, 15) is 4.79 Å². The predicted octanol–water partition coefficient (Wildman–Crippen LogP) is 3.62. The maximum absolute atomic E-state index is 11.0. The largest absolute Gasteiger partial charge is 0.457 e. The third-order valence-corrected chi connectivity index (χ3v) is 2.73. The van der Waals surface area contributed by atoms with Crippen LogP contribution >= 0.6 is 0 Å². The molecule has 0 aromatic heterocycles. The maximum Gasteiger partial charge on any atom is 0.221 e. The molecule has 2 rings (SSSR count). The van der Waals surface area contributed by atoms with Gasteiger partial charge in [0.15, 0.2) is 0 Å². The van der Waals surface area contributed by atoms with Crippen molar-refractivity contribution in [1.82, 2.24) is 0 Å². The van der Waals surface area contributed by atoms with E-state index in [-0.39, 0.29) is 5.91 Å². The minimum absolute atomic E-state index is 0.103. The van der Waals surface area contributed by atoms with Crippen LogP contribution in [0.15, 0.2) is 42.5 Å². The lowest BCUT2D eigenvalue weighted by Gasteiger charge is -2.10. The number of amides is 1. The average molecular weight is 266 g/mol. The Hall–Kier alpha value is -2.80. The number of carbonyl (C=O) groups excluding carboxylic acids is 1. The summed E-state index contributed by atoms with van der Waals surface area (Å²) in [5, 5.41) is 11.5. The lowest BCUT2D eigenvalue weighted by Crippen LogP contribution is -2.06. The molecular weight excluding hydrogens is 252 g/mol. The highest BCUT2D eigenvalue weighted by Gasteiger charge is 2.03. The Morgan fingerprint density at radius 1 is 1.15 bits per heavy atom. The standard InChI is InChI=1S/C16H14N2O2/c1-11-9-15(7-8-16(11)18-12(2)19)20-14-5-3-13(10-17)4-6-14/h3-9H,1-2H3,(H,18,19). The number of anilines is 1. The van der Waals surface area contributed by atoms with Crippen molar-refractivity contribution < 1.29 is 9.53 Å². The van der Waals surface area contributed by atoms with Crippen molar-refractivity contribution in [2.75, 3.05) is 5.32 Å². The molecule has 0 aliphatic heterocycles. The van der Waals surface area contributed by atoms with E-state index in [4.69, 9.17) is 10.00 Å². The van der Waals surface area contributed by atoms with E-state index in [1.807, 2.05) is 13.0 Å². The van der Waals surface area contributed by atoms with E-state index in [1.165, 1.54) is 6.92 Å². The molecule has 4 nitrogen and oxygen atoms in total. The summed E-state index contributed by atoms with van der Waals surface area (Å²) in [6.45, 7) is 3.37. The lowest BCUT2D eigenvalue weighted by atomic mass is 10.2. The van der Waals surface area contributed by atoms with Crippen LogP contribution in [0.1, 0.15) is 18.1 Å². The number of hydrogen-bond donors (Lipinski definition) is 1. The van der Waals surface area contributed by atoms with Gasteiger partial charge in [-0.1, -0.05) is 0 Å². The van der Waals surface area contributed by atoms with Crippen LogP contribution in [0.5, 0.6) is 11.5 Å². The van der Waals surface area contributed by atoms with Gasteiger partial charge in [0.25, 0.3) is 0 Å². The molecule has 20 heavy (non-hydrogen) atoms. The predicted molar refractivity (Wildman–Crippen MR) is 76.7 cm³/mol. The molecule has 1 N–H and O–H groups in total. The maximum atomic E-state index is 11.0. The van der Waals surface area contributed by atoms with Crippen molar-refractivity contribution in [2.24, 2.45) is 0 Å². The molecule has 0 bridgehead atoms. The van der Waals surface area contributed by atoms with Gasteiger partial charge in [0.1, 0.15) is 11.5 Å². The molecule has 0 atom stereocenters. The third-order valence-electron chi connectivity index (χ3n) is 2.73. The van der Waals surface area contributed by atoms with Crippen molar-refractivity contribution in [3.05, 3.63) is 53.6 Å². The summed E-state index contributed by atoms with van der Waals surface area (Å²) in [6.07, 6.45) is 0. The van der Waals surface area contributed by atoms with Gasteiger partial charge in [-0.3, -0.25) is 4.79 Å². The van der Waals surface area contributed by atoms with Crippen LogP contribution in [0.3, 0.4) is 0 Å². The molecule has 100 valence electrons. The number of carbonyl (C=O) groups is 1. The Morgan fingerprint density at radius 2 is 1.80 bits per heavy atom. The Labute approximate surface area is 117 Å². The van der Waals surface area contributed by atoms with Crippen LogP contribution in [0.25, 0.3) is 0 Å². The van der Waals surface area contributed by atoms with Gasteiger partial charge in [0.05, 0.1) is 11.6 Å². The van der Waals surface area contributed by atoms with Crippen LogP contribution in [0.4, 0.5) is 5.69 Å². The second-order valence-electron chi connectivity index (χ2n) is 4.40. The highest BCUT2D eigenvalue weighted by molar-refractivity contribution is 5.89. The number of benzene rings is 2. The molecule has 0 unspecified atom stereocenters. The van der Waals surface area contributed by atoms with Crippen LogP contribution < -0.4 is 10.1 Å². The molecule has 0 aliphatic carbocycles. The van der Waals surface area contributed by atoms with Crippen LogP contribution in [0, 0.1) is 18.3 Å². The number of hydrogen-bond acceptors (Lipinski definition) is 3. The van der Waals surface area contributed by atoms with Gasteiger partial charge in [-0.25, -0.2) is 0 Å². The Bertz CT molecular complexity index is 670. The molecule has 0 saturated heterocycles. The molecule has 2 aromatic carbocycles. The van der Waals surface area contributed by atoms with Gasteiger partial charge >= 0.3 is 0 Å². The quantitative estimate of drug-likeness (QED) is 0.922. The summed E-state index contributed by atoms with van der Waals surface area (Å²) in [7, 11) is 0. The summed E-state index contributed by atoms with van der Waals surface area (Å²) in [5.74, 6) is 1.24. The first-order valence-electron chi connectivity index (χ1n) is 6.15. The second-order valence-corrected chi connectivity index (χ2v) is 4.40. The highest BCUT2D eigenvalue weighted by atomic mass is 16.5. The molecule has 2 aromatic rings. The summed E-state index contributed by atoms with van der Waals surface area (Å²) in [5.41, 5.74) is 2.28. The zero-order valence-corrected chi connectivity index (χ0v) is 11.3. The fourth-order valence-corrected chi connectivity index (χ4v) is 1.76. The second kappa shape index (κ2) is 5.89. The molecule has 0 radical (unpaired) electrons. The Kier molecular flexibility index (Phi) is 4.02. The summed E-state index contributed by atoms with van der Waals surface area (Å²) >= 11 is 0. The molecule has 0 fully saturated rings. The van der Waals surface area contributed by atoms with Crippen molar-refractivity contribution in [3.8, 4) is 17.6 Å². The number of ether oxygens (including phenoxy) is 1. The van der Waals surface area contributed by atoms with E-state index >= 15 is 0 Å². The normalized spacial score (nSPS) is 9.65. The van der Waals surface area contributed by atoms with E-state index < -0.39 is 0 Å². The van der Waals surface area contributed by atoms with E-state index in [0.29, 0.717) is 17.1 Å². The zero-order valence-electron chi connectivity index (χ0n) is 11.3. The van der Waals surface area contributed by atoms with Crippen molar-refractivity contribution in [2.45, 2.75) is 13.8 Å². The smallest absolute Gasteiger partial charge is 0.221 e. The van der Waals surface area contributed by atoms with Gasteiger partial charge in [0.2, 0.25) is 5.91 Å². The Balaban J connectivity index is 2.15. The molecule has 4 heteroatoms. The molecule has 1 amide bonds. The zero-order chi connectivity index (χ0) is 14.5. The first-order chi connectivity index (χ1) is 9.58. The fourth-order valence-electron chi connectivity index (χ4n) is 1.76. The van der Waals surface area contributed by atoms with E-state index in [0.717, 1.165) is 11.3 Å². The molecule has 0 aliphatic rings. The third kappa shape index (κ3) is 3.36. The lowest BCUT2D eigenvalue weighted by molar-refractivity contribution is -0.114. The number of nitrogens with zero attached hydrogens (tertiary/aromatic N) is 1. The summed E-state index contributed by atoms with van der Waals surface area (Å²) in [6, 6.07) is 14.4. The first kappa shape index (κ1) is 13.6. The summed E-state index contributed by atoms with van der Waals surface area (Å²) < 4.78 is 5.70. The van der Waals surface area contributed by atoms with Crippen molar-refractivity contribution in [1.29, 1.82) is 5.26 Å². The fraction of sp³-hybridized carbons (Fsp3) is 0.125. The first-order valence-corrected chi connectivity index (χ1v) is 6.15. The Morgan fingerprint density at radius 3 is 2.35 bits per heavy atom. The van der Waals surface area contributed by atoms with Gasteiger partial charge in [-0.2, -0.15) is 5.26 Å². The monoisotopic (exact) mass is 266 g/mol. The van der Waals surface area contributed by atoms with Gasteiger partial charge in [0, 0.05) is 12.6 Å². The van der Waals surface area contributed by atoms with Crippen LogP contribution in [-0.4, -0.2) is 5.91 Å². The van der Waals surface area contributed by atoms with Gasteiger partial charge in [-0.15, -0.1) is 0 Å². The number of nitriles is 1. The topological polar surface area (TPSA) is 62.1 Å². The van der Waals surface area contributed by atoms with Crippen molar-refractivity contribution >= 4 is 11.6 Å². The van der Waals surface area contributed by atoms with E-state index in [1.54, 1.807) is 36.4 Å². The van der Waals surface area contributed by atoms with Gasteiger partial charge < -0.3 is 10.1 Å². The number of nitrogens with one attached hydrogen (secondary N) is 1. The SMILES string of the molecule is CC(=O)Nc1ccc(Oc2ccc(C#N)cc2)cc1C.